The Morgan fingerprint density at radius 1 is 0.971 bits per heavy atom. The number of carbonyl (C=O) groups excluding carboxylic acids is 1. The van der Waals surface area contributed by atoms with Crippen LogP contribution in [-0.4, -0.2) is 29.3 Å². The van der Waals surface area contributed by atoms with E-state index in [0.29, 0.717) is 5.56 Å². The van der Waals surface area contributed by atoms with Gasteiger partial charge in [0.2, 0.25) is 5.91 Å². The van der Waals surface area contributed by atoms with Gasteiger partial charge < -0.3 is 10.4 Å². The number of carboxylic acids is 1. The molecule has 2 rings (SSSR count). The minimum atomic E-state index is -4.77. The van der Waals surface area contributed by atoms with Crippen molar-refractivity contribution < 1.29 is 41.0 Å². The number of aliphatic carboxylic acids is 1. The van der Waals surface area contributed by atoms with Crippen molar-refractivity contribution in [3.63, 3.8) is 0 Å². The van der Waals surface area contributed by atoms with Crippen LogP contribution in [0.5, 0.6) is 0 Å². The van der Waals surface area contributed by atoms with Crippen molar-refractivity contribution in [1.29, 1.82) is 0 Å². The highest BCUT2D eigenvalue weighted by molar-refractivity contribution is 6.33. The number of halogens is 7. The SMILES string of the molecule is CC(C(C(=O)Nc1cc(C[C@H](C)C(=O)O)ccc1Cl)c1ccc(CC(F)(F)F)cc1)C(F)(F)F. The lowest BCUT2D eigenvalue weighted by Gasteiger charge is -2.26. The lowest BCUT2D eigenvalue weighted by Crippen LogP contribution is -2.34. The van der Waals surface area contributed by atoms with Crippen molar-refractivity contribution >= 4 is 29.2 Å². The monoisotopic (exact) mass is 509 g/mol. The molecule has 0 radical (unpaired) electrons. The van der Waals surface area contributed by atoms with Crippen LogP contribution in [-0.2, 0) is 22.4 Å². The van der Waals surface area contributed by atoms with Crippen molar-refractivity contribution in [2.45, 2.75) is 45.0 Å². The summed E-state index contributed by atoms with van der Waals surface area (Å²) >= 11 is 6.08. The van der Waals surface area contributed by atoms with E-state index in [1.165, 1.54) is 25.1 Å². The largest absolute Gasteiger partial charge is 0.481 e. The average Bonchev–Trinajstić information content (AvgIpc) is 2.70. The van der Waals surface area contributed by atoms with Crippen LogP contribution < -0.4 is 5.32 Å². The summed E-state index contributed by atoms with van der Waals surface area (Å²) in [7, 11) is 0. The second-order valence-corrected chi connectivity index (χ2v) is 8.50. The van der Waals surface area contributed by atoms with Gasteiger partial charge >= 0.3 is 18.3 Å². The van der Waals surface area contributed by atoms with Crippen molar-refractivity contribution in [2.24, 2.45) is 11.8 Å². The number of benzene rings is 2. The maximum Gasteiger partial charge on any atom is 0.393 e. The molecule has 2 N–H and O–H groups in total. The van der Waals surface area contributed by atoms with E-state index in [9.17, 15) is 35.9 Å². The van der Waals surface area contributed by atoms with Crippen LogP contribution >= 0.6 is 11.6 Å². The third-order valence-corrected chi connectivity index (χ3v) is 5.62. The molecule has 1 amide bonds. The first-order chi connectivity index (χ1) is 15.6. The molecular weight excluding hydrogens is 488 g/mol. The summed E-state index contributed by atoms with van der Waals surface area (Å²) < 4.78 is 78.4. The van der Waals surface area contributed by atoms with E-state index in [1.54, 1.807) is 0 Å². The molecule has 0 aliphatic carbocycles. The molecule has 0 saturated heterocycles. The van der Waals surface area contributed by atoms with Gasteiger partial charge in [-0.1, -0.05) is 55.8 Å². The molecule has 3 atom stereocenters. The van der Waals surface area contributed by atoms with Gasteiger partial charge in [-0.2, -0.15) is 26.3 Å². The van der Waals surface area contributed by atoms with Crippen molar-refractivity contribution in [3.05, 3.63) is 64.2 Å². The number of hydrogen-bond acceptors (Lipinski definition) is 2. The fourth-order valence-electron chi connectivity index (χ4n) is 3.38. The zero-order chi connectivity index (χ0) is 25.8. The molecule has 0 aliphatic rings. The molecule has 0 fully saturated rings. The highest BCUT2D eigenvalue weighted by atomic mass is 35.5. The lowest BCUT2D eigenvalue weighted by atomic mass is 9.85. The number of alkyl halides is 6. The third kappa shape index (κ3) is 7.65. The quantitative estimate of drug-likeness (QED) is 0.393. The molecule has 2 aromatic carbocycles. The van der Waals surface area contributed by atoms with Crippen molar-refractivity contribution in [2.75, 3.05) is 5.32 Å². The van der Waals surface area contributed by atoms with Crippen LogP contribution in [0, 0.1) is 11.8 Å². The molecule has 0 spiro atoms. The number of hydrogen-bond donors (Lipinski definition) is 2. The smallest absolute Gasteiger partial charge is 0.393 e. The third-order valence-electron chi connectivity index (χ3n) is 5.29. The predicted octanol–water partition coefficient (Wildman–Crippen LogP) is 6.63. The molecule has 0 saturated carbocycles. The minimum Gasteiger partial charge on any atom is -0.481 e. The Morgan fingerprint density at radius 3 is 2.03 bits per heavy atom. The first-order valence-corrected chi connectivity index (χ1v) is 10.5. The molecule has 0 bridgehead atoms. The van der Waals surface area contributed by atoms with Gasteiger partial charge in [0.25, 0.3) is 0 Å². The zero-order valence-corrected chi connectivity index (χ0v) is 18.9. The number of carboxylic acid groups (broad SMARTS) is 1. The molecule has 0 heterocycles. The summed E-state index contributed by atoms with van der Waals surface area (Å²) in [6.45, 7) is 2.28. The van der Waals surface area contributed by atoms with Gasteiger partial charge in [-0.15, -0.1) is 0 Å². The minimum absolute atomic E-state index is 0.00479. The van der Waals surface area contributed by atoms with E-state index in [-0.39, 0.29) is 28.3 Å². The van der Waals surface area contributed by atoms with E-state index in [1.807, 2.05) is 0 Å². The van der Waals surface area contributed by atoms with Crippen molar-refractivity contribution in [3.8, 4) is 0 Å². The normalized spacial score (nSPS) is 14.9. The molecule has 2 unspecified atom stereocenters. The Bertz CT molecular complexity index is 1020. The molecular formula is C23H22ClF6NO3. The summed E-state index contributed by atoms with van der Waals surface area (Å²) in [5, 5.41) is 11.5. The van der Waals surface area contributed by atoms with E-state index in [2.05, 4.69) is 5.32 Å². The van der Waals surface area contributed by atoms with Gasteiger partial charge in [0, 0.05) is 0 Å². The van der Waals surface area contributed by atoms with Gasteiger partial charge in [0.15, 0.2) is 0 Å². The maximum atomic E-state index is 13.5. The van der Waals surface area contributed by atoms with Crippen LogP contribution in [0.2, 0.25) is 5.02 Å². The Morgan fingerprint density at radius 2 is 1.53 bits per heavy atom. The lowest BCUT2D eigenvalue weighted by molar-refractivity contribution is -0.178. The molecule has 0 aliphatic heterocycles. The van der Waals surface area contributed by atoms with Crippen LogP contribution in [0.3, 0.4) is 0 Å². The molecule has 0 aromatic heterocycles. The number of nitrogens with one attached hydrogen (secondary N) is 1. The number of amides is 1. The average molecular weight is 510 g/mol. The molecule has 11 heteroatoms. The zero-order valence-electron chi connectivity index (χ0n) is 18.1. The summed E-state index contributed by atoms with van der Waals surface area (Å²) in [6.07, 6.45) is -10.4. The fourth-order valence-corrected chi connectivity index (χ4v) is 3.54. The van der Waals surface area contributed by atoms with Crippen LogP contribution in [0.4, 0.5) is 32.0 Å². The van der Waals surface area contributed by atoms with Gasteiger partial charge in [-0.05, 0) is 35.2 Å². The number of carbonyl (C=O) groups is 2. The van der Waals surface area contributed by atoms with Gasteiger partial charge in [-0.3, -0.25) is 9.59 Å². The van der Waals surface area contributed by atoms with Crippen molar-refractivity contribution in [1.82, 2.24) is 0 Å². The Labute approximate surface area is 196 Å². The van der Waals surface area contributed by atoms with E-state index in [0.717, 1.165) is 31.2 Å². The Kier molecular flexibility index (Phi) is 8.63. The van der Waals surface area contributed by atoms with Crippen LogP contribution in [0.15, 0.2) is 42.5 Å². The van der Waals surface area contributed by atoms with Gasteiger partial charge in [-0.25, -0.2) is 0 Å². The van der Waals surface area contributed by atoms with Crippen LogP contribution in [0.25, 0.3) is 0 Å². The Hall–Kier alpha value is -2.75. The second-order valence-electron chi connectivity index (χ2n) is 8.09. The number of anilines is 1. The Balaban J connectivity index is 2.36. The topological polar surface area (TPSA) is 66.4 Å². The van der Waals surface area contributed by atoms with E-state index >= 15 is 0 Å². The molecule has 186 valence electrons. The molecule has 2 aromatic rings. The standard InChI is InChI=1S/C23H22ClF6NO3/c1-12(21(33)34)9-15-5-8-17(24)18(10-15)31-20(32)19(13(2)23(28,29)30)16-6-3-14(4-7-16)11-22(25,26)27/h3-8,10,12-13,19H,9,11H2,1-2H3,(H,31,32)(H,33,34)/t12-,13?,19?/m0/s1. The van der Waals surface area contributed by atoms with E-state index < -0.39 is 48.4 Å². The number of rotatable bonds is 8. The second kappa shape index (κ2) is 10.7. The highest BCUT2D eigenvalue weighted by Gasteiger charge is 2.45. The fraction of sp³-hybridized carbons (Fsp3) is 0.391. The van der Waals surface area contributed by atoms with Gasteiger partial charge in [0.05, 0.1) is 34.9 Å². The van der Waals surface area contributed by atoms with E-state index in [4.69, 9.17) is 16.7 Å². The molecule has 34 heavy (non-hydrogen) atoms. The maximum absolute atomic E-state index is 13.5. The highest BCUT2D eigenvalue weighted by Crippen LogP contribution is 2.39. The molecule has 4 nitrogen and oxygen atoms in total. The summed E-state index contributed by atoms with van der Waals surface area (Å²) in [4.78, 5) is 24.0. The first kappa shape index (κ1) is 27.5. The summed E-state index contributed by atoms with van der Waals surface area (Å²) in [5.74, 6) is -6.78. The summed E-state index contributed by atoms with van der Waals surface area (Å²) in [5.41, 5.74) is 0.222. The van der Waals surface area contributed by atoms with Gasteiger partial charge in [0.1, 0.15) is 0 Å². The summed E-state index contributed by atoms with van der Waals surface area (Å²) in [6, 6.07) is 8.50. The van der Waals surface area contributed by atoms with Crippen LogP contribution in [0.1, 0.15) is 36.5 Å². The first-order valence-electron chi connectivity index (χ1n) is 10.1. The predicted molar refractivity (Wildman–Crippen MR) is 115 cm³/mol.